The summed E-state index contributed by atoms with van der Waals surface area (Å²) in [6.07, 6.45) is 1.53. The Morgan fingerprint density at radius 3 is 2.29 bits per heavy atom. The first kappa shape index (κ1) is 22.0. The number of nitrogens with zero attached hydrogens (tertiary/aromatic N) is 5. The van der Waals surface area contributed by atoms with E-state index in [4.69, 9.17) is 9.47 Å². The van der Waals surface area contributed by atoms with E-state index in [2.05, 4.69) is 19.2 Å². The first-order chi connectivity index (χ1) is 16.6. The molecule has 1 aliphatic rings. The van der Waals surface area contributed by atoms with Crippen molar-refractivity contribution in [3.8, 4) is 22.8 Å². The number of benzene rings is 2. The number of rotatable bonds is 5. The van der Waals surface area contributed by atoms with E-state index in [0.29, 0.717) is 48.9 Å². The maximum atomic E-state index is 13.3. The van der Waals surface area contributed by atoms with Gasteiger partial charge in [0.2, 0.25) is 0 Å². The van der Waals surface area contributed by atoms with Gasteiger partial charge in [0.15, 0.2) is 5.82 Å². The highest BCUT2D eigenvalue weighted by molar-refractivity contribution is 7.14. The van der Waals surface area contributed by atoms with Crippen molar-refractivity contribution >= 4 is 33.5 Å². The quantitative estimate of drug-likeness (QED) is 0.430. The third kappa shape index (κ3) is 4.12. The number of piperazine rings is 1. The zero-order valence-electron chi connectivity index (χ0n) is 18.7. The zero-order valence-corrected chi connectivity index (χ0v) is 19.5. The molecule has 4 aromatic rings. The average molecular weight is 480 g/mol. The summed E-state index contributed by atoms with van der Waals surface area (Å²) < 4.78 is 29.4. The van der Waals surface area contributed by atoms with E-state index in [-0.39, 0.29) is 11.7 Å². The zero-order chi connectivity index (χ0) is 23.7. The lowest BCUT2D eigenvalue weighted by molar-refractivity contribution is 0.0746. The van der Waals surface area contributed by atoms with E-state index in [1.165, 1.54) is 30.0 Å². The predicted octanol–water partition coefficient (Wildman–Crippen LogP) is 3.87. The fourth-order valence-corrected chi connectivity index (χ4v) is 4.88. The number of anilines is 1. The maximum Gasteiger partial charge on any atom is 0.254 e. The Morgan fingerprint density at radius 1 is 0.971 bits per heavy atom. The van der Waals surface area contributed by atoms with Crippen LogP contribution in [0.2, 0.25) is 0 Å². The molecule has 0 aliphatic carbocycles. The summed E-state index contributed by atoms with van der Waals surface area (Å²) in [6.45, 7) is 2.35. The Hall–Kier alpha value is -3.79. The molecule has 2 aromatic carbocycles. The van der Waals surface area contributed by atoms with Crippen molar-refractivity contribution in [1.29, 1.82) is 0 Å². The normalized spacial score (nSPS) is 13.9. The second kappa shape index (κ2) is 9.22. The summed E-state index contributed by atoms with van der Waals surface area (Å²) in [5.74, 6) is 1.59. The number of fused-ring (bicyclic) bond motifs is 1. The number of halogens is 1. The number of aromatic nitrogens is 3. The van der Waals surface area contributed by atoms with E-state index < -0.39 is 0 Å². The van der Waals surface area contributed by atoms with E-state index >= 15 is 0 Å². The molecule has 0 unspecified atom stereocenters. The summed E-state index contributed by atoms with van der Waals surface area (Å²) in [6, 6.07) is 11.4. The molecule has 3 heterocycles. The summed E-state index contributed by atoms with van der Waals surface area (Å²) in [5.41, 5.74) is 2.79. The van der Waals surface area contributed by atoms with Gasteiger partial charge in [-0.15, -0.1) is 0 Å². The molecule has 2 aromatic heterocycles. The molecule has 1 aliphatic heterocycles. The molecule has 1 fully saturated rings. The number of methoxy groups -OCH3 is 2. The molecular weight excluding hydrogens is 457 g/mol. The molecule has 0 bridgehead atoms. The van der Waals surface area contributed by atoms with Crippen molar-refractivity contribution in [2.24, 2.45) is 0 Å². The van der Waals surface area contributed by atoms with Gasteiger partial charge in [-0.2, -0.15) is 4.37 Å². The first-order valence-electron chi connectivity index (χ1n) is 10.7. The predicted molar refractivity (Wildman–Crippen MR) is 128 cm³/mol. The number of hydrogen-bond donors (Lipinski definition) is 0. The van der Waals surface area contributed by atoms with Crippen molar-refractivity contribution in [3.63, 3.8) is 0 Å². The summed E-state index contributed by atoms with van der Waals surface area (Å²) in [7, 11) is 3.12. The number of carbonyl (C=O) groups is 1. The maximum absolute atomic E-state index is 13.3. The molecule has 5 rings (SSSR count). The molecule has 0 atom stereocenters. The van der Waals surface area contributed by atoms with Crippen LogP contribution in [0.3, 0.4) is 0 Å². The average Bonchev–Trinajstić information content (AvgIpc) is 3.33. The highest BCUT2D eigenvalue weighted by atomic mass is 32.1. The van der Waals surface area contributed by atoms with E-state index in [9.17, 15) is 9.18 Å². The molecule has 1 saturated heterocycles. The van der Waals surface area contributed by atoms with Gasteiger partial charge in [0.25, 0.3) is 5.91 Å². The lowest BCUT2D eigenvalue weighted by Gasteiger charge is -2.35. The van der Waals surface area contributed by atoms with Gasteiger partial charge in [-0.25, -0.2) is 14.4 Å². The molecule has 0 spiro atoms. The molecule has 8 nitrogen and oxygen atoms in total. The van der Waals surface area contributed by atoms with Gasteiger partial charge >= 0.3 is 0 Å². The van der Waals surface area contributed by atoms with Gasteiger partial charge in [0.1, 0.15) is 39.6 Å². The third-order valence-electron chi connectivity index (χ3n) is 5.82. The van der Waals surface area contributed by atoms with Gasteiger partial charge in [-0.05, 0) is 47.9 Å². The minimum atomic E-state index is -0.293. The van der Waals surface area contributed by atoms with Crippen LogP contribution in [0.4, 0.5) is 10.2 Å². The summed E-state index contributed by atoms with van der Waals surface area (Å²) in [5, 5.41) is 0. The molecule has 0 saturated carbocycles. The van der Waals surface area contributed by atoms with Crippen molar-refractivity contribution in [3.05, 3.63) is 60.2 Å². The lowest BCUT2D eigenvalue weighted by Crippen LogP contribution is -2.49. The SMILES string of the molecule is COc1cc(OC)cc(C(=O)N2CCN(c3ncnc4c(-c5ccc(F)cc5)nsc34)CC2)c1. The minimum Gasteiger partial charge on any atom is -0.497 e. The first-order valence-corrected chi connectivity index (χ1v) is 11.5. The van der Waals surface area contributed by atoms with Crippen LogP contribution >= 0.6 is 11.5 Å². The molecule has 10 heteroatoms. The second-order valence-electron chi connectivity index (χ2n) is 7.79. The van der Waals surface area contributed by atoms with Crippen LogP contribution in [0.15, 0.2) is 48.8 Å². The molecule has 0 radical (unpaired) electrons. The van der Waals surface area contributed by atoms with Gasteiger partial charge in [-0.1, -0.05) is 0 Å². The molecular formula is C24H22FN5O3S. The number of amides is 1. The van der Waals surface area contributed by atoms with E-state index in [1.54, 1.807) is 44.6 Å². The van der Waals surface area contributed by atoms with Gasteiger partial charge < -0.3 is 19.3 Å². The van der Waals surface area contributed by atoms with Gasteiger partial charge in [-0.3, -0.25) is 4.79 Å². The Labute approximate surface area is 199 Å². The Balaban J connectivity index is 1.35. The minimum absolute atomic E-state index is 0.0685. The second-order valence-corrected chi connectivity index (χ2v) is 8.57. The molecule has 34 heavy (non-hydrogen) atoms. The van der Waals surface area contributed by atoms with Crippen molar-refractivity contribution < 1.29 is 18.7 Å². The third-order valence-corrected chi connectivity index (χ3v) is 6.65. The van der Waals surface area contributed by atoms with E-state index in [0.717, 1.165) is 21.6 Å². The highest BCUT2D eigenvalue weighted by Gasteiger charge is 2.26. The van der Waals surface area contributed by atoms with Gasteiger partial charge in [0, 0.05) is 43.4 Å². The highest BCUT2D eigenvalue weighted by Crippen LogP contribution is 2.34. The van der Waals surface area contributed by atoms with Crippen molar-refractivity contribution in [2.75, 3.05) is 45.3 Å². The van der Waals surface area contributed by atoms with Crippen LogP contribution in [0, 0.1) is 5.82 Å². The number of ether oxygens (including phenoxy) is 2. The van der Waals surface area contributed by atoms with Crippen LogP contribution in [0.25, 0.3) is 21.5 Å². The van der Waals surface area contributed by atoms with Crippen LogP contribution in [-0.2, 0) is 0 Å². The van der Waals surface area contributed by atoms with Crippen LogP contribution < -0.4 is 14.4 Å². The largest absolute Gasteiger partial charge is 0.497 e. The van der Waals surface area contributed by atoms with Crippen LogP contribution in [0.5, 0.6) is 11.5 Å². The molecule has 0 N–H and O–H groups in total. The monoisotopic (exact) mass is 479 g/mol. The Kier molecular flexibility index (Phi) is 5.97. The van der Waals surface area contributed by atoms with Gasteiger partial charge in [0.05, 0.1) is 14.2 Å². The Bertz CT molecular complexity index is 1310. The van der Waals surface area contributed by atoms with Crippen molar-refractivity contribution in [1.82, 2.24) is 19.2 Å². The van der Waals surface area contributed by atoms with E-state index in [1.807, 2.05) is 4.90 Å². The van der Waals surface area contributed by atoms with Crippen LogP contribution in [-0.4, -0.2) is 65.5 Å². The summed E-state index contributed by atoms with van der Waals surface area (Å²) >= 11 is 1.33. The number of carbonyl (C=O) groups excluding carboxylic acids is 1. The van der Waals surface area contributed by atoms with Crippen LogP contribution in [0.1, 0.15) is 10.4 Å². The fraction of sp³-hybridized carbons (Fsp3) is 0.250. The van der Waals surface area contributed by atoms with Crippen molar-refractivity contribution in [2.45, 2.75) is 0 Å². The molecule has 174 valence electrons. The topological polar surface area (TPSA) is 80.7 Å². The fourth-order valence-electron chi connectivity index (χ4n) is 4.01. The standard InChI is InChI=1S/C24H22FN5O3S/c1-32-18-11-16(12-19(13-18)33-2)24(31)30-9-7-29(8-10-30)23-22-21(26-14-27-23)20(28-34-22)15-3-5-17(25)6-4-15/h3-6,11-14H,7-10H2,1-2H3. The Morgan fingerprint density at radius 2 is 1.65 bits per heavy atom. The smallest absolute Gasteiger partial charge is 0.254 e. The summed E-state index contributed by atoms with van der Waals surface area (Å²) in [4.78, 5) is 26.0. The lowest BCUT2D eigenvalue weighted by atomic mass is 10.1. The number of hydrogen-bond acceptors (Lipinski definition) is 8. The molecule has 1 amide bonds.